The SMILES string of the molecule is Cc1cc(C(=O)N2CCOCC3(C2)CN(c2ccc(F)cc2)C(=O)O3)nc(N2CCCCC2)n1. The zero-order valence-corrected chi connectivity index (χ0v) is 19.2. The summed E-state index contributed by atoms with van der Waals surface area (Å²) in [6.07, 6.45) is 2.82. The van der Waals surface area contributed by atoms with Crippen LogP contribution in [-0.2, 0) is 9.47 Å². The Morgan fingerprint density at radius 2 is 1.82 bits per heavy atom. The molecule has 1 aromatic carbocycles. The first-order valence-electron chi connectivity index (χ1n) is 11.7. The molecule has 3 fully saturated rings. The van der Waals surface area contributed by atoms with Crippen LogP contribution in [0.5, 0.6) is 0 Å². The van der Waals surface area contributed by atoms with Gasteiger partial charge in [-0.1, -0.05) is 0 Å². The van der Waals surface area contributed by atoms with Gasteiger partial charge in [-0.15, -0.1) is 0 Å². The van der Waals surface area contributed by atoms with Gasteiger partial charge in [-0.3, -0.25) is 9.69 Å². The van der Waals surface area contributed by atoms with Crippen LogP contribution in [0, 0.1) is 12.7 Å². The van der Waals surface area contributed by atoms with Gasteiger partial charge in [0.05, 0.1) is 26.3 Å². The molecule has 4 heterocycles. The van der Waals surface area contributed by atoms with Crippen molar-refractivity contribution in [2.75, 3.05) is 55.7 Å². The fourth-order valence-electron chi connectivity index (χ4n) is 4.74. The van der Waals surface area contributed by atoms with Crippen molar-refractivity contribution in [3.63, 3.8) is 0 Å². The van der Waals surface area contributed by atoms with Crippen LogP contribution in [0.1, 0.15) is 35.4 Å². The van der Waals surface area contributed by atoms with Crippen LogP contribution in [0.4, 0.5) is 20.8 Å². The van der Waals surface area contributed by atoms with Crippen molar-refractivity contribution in [3.8, 4) is 0 Å². The molecule has 0 bridgehead atoms. The molecule has 3 aliphatic rings. The van der Waals surface area contributed by atoms with Crippen LogP contribution in [0.25, 0.3) is 0 Å². The highest BCUT2D eigenvalue weighted by atomic mass is 19.1. The van der Waals surface area contributed by atoms with Gasteiger partial charge in [-0.05, 0) is 56.5 Å². The third-order valence-corrected chi connectivity index (χ3v) is 6.45. The van der Waals surface area contributed by atoms with E-state index in [1.54, 1.807) is 11.0 Å². The maximum Gasteiger partial charge on any atom is 0.415 e. The van der Waals surface area contributed by atoms with Gasteiger partial charge in [-0.25, -0.2) is 19.2 Å². The van der Waals surface area contributed by atoms with E-state index in [1.807, 2.05) is 6.92 Å². The molecule has 3 saturated heterocycles. The fourth-order valence-corrected chi connectivity index (χ4v) is 4.74. The van der Waals surface area contributed by atoms with Gasteiger partial charge >= 0.3 is 6.09 Å². The number of amides is 2. The molecule has 3 aliphatic heterocycles. The number of rotatable bonds is 3. The molecule has 0 radical (unpaired) electrons. The van der Waals surface area contributed by atoms with Crippen LogP contribution in [0.3, 0.4) is 0 Å². The van der Waals surface area contributed by atoms with Crippen molar-refractivity contribution in [2.24, 2.45) is 0 Å². The van der Waals surface area contributed by atoms with Crippen molar-refractivity contribution in [3.05, 3.63) is 47.5 Å². The van der Waals surface area contributed by atoms with Crippen molar-refractivity contribution in [1.82, 2.24) is 14.9 Å². The maximum atomic E-state index is 13.5. The Balaban J connectivity index is 1.36. The Bertz CT molecular complexity index is 1080. The molecule has 1 unspecified atom stereocenters. The molecule has 5 rings (SSSR count). The fraction of sp³-hybridized carbons (Fsp3) is 0.500. The number of hydrogen-bond donors (Lipinski definition) is 0. The standard InChI is InChI=1S/C24H28FN5O4/c1-17-13-20(27-22(26-17)28-9-3-2-4-10-28)21(31)29-11-12-33-16-24(14-29)15-30(23(32)34-24)19-7-5-18(25)6-8-19/h5-8,13H,2-4,9-12,14-16H2,1H3. The summed E-state index contributed by atoms with van der Waals surface area (Å²) < 4.78 is 24.8. The minimum absolute atomic E-state index is 0.169. The van der Waals surface area contributed by atoms with Gasteiger partial charge in [0.1, 0.15) is 11.5 Å². The molecule has 0 saturated carbocycles. The van der Waals surface area contributed by atoms with Crippen molar-refractivity contribution >= 4 is 23.6 Å². The molecule has 180 valence electrons. The molecule has 1 atom stereocenters. The largest absolute Gasteiger partial charge is 0.436 e. The van der Waals surface area contributed by atoms with Gasteiger partial charge < -0.3 is 19.3 Å². The average molecular weight is 470 g/mol. The van der Waals surface area contributed by atoms with Gasteiger partial charge in [0.25, 0.3) is 5.91 Å². The number of carbonyl (C=O) groups excluding carboxylic acids is 2. The highest BCUT2D eigenvalue weighted by Crippen LogP contribution is 2.31. The Morgan fingerprint density at radius 3 is 2.59 bits per heavy atom. The lowest BCUT2D eigenvalue weighted by Crippen LogP contribution is -2.49. The number of aryl methyl sites for hydroxylation is 1. The smallest absolute Gasteiger partial charge is 0.415 e. The lowest BCUT2D eigenvalue weighted by molar-refractivity contribution is -0.0140. The van der Waals surface area contributed by atoms with E-state index in [9.17, 15) is 14.0 Å². The zero-order valence-electron chi connectivity index (χ0n) is 19.2. The summed E-state index contributed by atoms with van der Waals surface area (Å²) in [4.78, 5) is 40.5. The second kappa shape index (κ2) is 9.17. The summed E-state index contributed by atoms with van der Waals surface area (Å²) in [7, 11) is 0. The summed E-state index contributed by atoms with van der Waals surface area (Å²) >= 11 is 0. The summed E-state index contributed by atoms with van der Waals surface area (Å²) in [5.74, 6) is -0.0480. The number of carbonyl (C=O) groups is 2. The van der Waals surface area contributed by atoms with Crippen LogP contribution < -0.4 is 9.80 Å². The quantitative estimate of drug-likeness (QED) is 0.683. The van der Waals surface area contributed by atoms with E-state index in [4.69, 9.17) is 9.47 Å². The number of aromatic nitrogens is 2. The van der Waals surface area contributed by atoms with E-state index in [0.29, 0.717) is 30.5 Å². The van der Waals surface area contributed by atoms with Crippen LogP contribution in [-0.4, -0.2) is 78.4 Å². The number of hydrogen-bond acceptors (Lipinski definition) is 7. The molecule has 34 heavy (non-hydrogen) atoms. The third kappa shape index (κ3) is 4.54. The second-order valence-electron chi connectivity index (χ2n) is 9.14. The molecule has 1 aromatic heterocycles. The zero-order chi connectivity index (χ0) is 23.7. The highest BCUT2D eigenvalue weighted by Gasteiger charge is 2.49. The predicted molar refractivity (Wildman–Crippen MR) is 123 cm³/mol. The minimum atomic E-state index is -1.02. The first-order chi connectivity index (χ1) is 16.4. The van der Waals surface area contributed by atoms with Gasteiger partial charge in [0.15, 0.2) is 5.60 Å². The second-order valence-corrected chi connectivity index (χ2v) is 9.14. The molecular formula is C24H28FN5O4. The van der Waals surface area contributed by atoms with Crippen LogP contribution in [0.2, 0.25) is 0 Å². The number of halogens is 1. The van der Waals surface area contributed by atoms with Crippen molar-refractivity contribution < 1.29 is 23.5 Å². The predicted octanol–water partition coefficient (Wildman–Crippen LogP) is 2.78. The lowest BCUT2D eigenvalue weighted by atomic mass is 10.0. The molecule has 1 spiro atoms. The number of piperidine rings is 1. The average Bonchev–Trinajstić information content (AvgIpc) is 3.02. The van der Waals surface area contributed by atoms with Crippen molar-refractivity contribution in [2.45, 2.75) is 31.8 Å². The van der Waals surface area contributed by atoms with Gasteiger partial charge in [0.2, 0.25) is 5.95 Å². The Labute approximate surface area is 197 Å². The summed E-state index contributed by atoms with van der Waals surface area (Å²) in [6, 6.07) is 7.35. The number of ether oxygens (including phenoxy) is 2. The monoisotopic (exact) mass is 469 g/mol. The summed E-state index contributed by atoms with van der Waals surface area (Å²) in [6.45, 7) is 4.85. The van der Waals surface area contributed by atoms with Crippen LogP contribution >= 0.6 is 0 Å². The number of nitrogens with zero attached hydrogens (tertiary/aromatic N) is 5. The minimum Gasteiger partial charge on any atom is -0.436 e. The normalized spacial score (nSPS) is 23.2. The Kier molecular flexibility index (Phi) is 6.07. The summed E-state index contributed by atoms with van der Waals surface area (Å²) in [5.41, 5.74) is 0.567. The maximum absolute atomic E-state index is 13.5. The molecule has 0 N–H and O–H groups in total. The lowest BCUT2D eigenvalue weighted by Gasteiger charge is -2.30. The first kappa shape index (κ1) is 22.5. The van der Waals surface area contributed by atoms with Gasteiger partial charge in [-0.2, -0.15) is 0 Å². The van der Waals surface area contributed by atoms with E-state index in [1.165, 1.54) is 35.6 Å². The van der Waals surface area contributed by atoms with Crippen molar-refractivity contribution in [1.29, 1.82) is 0 Å². The molecule has 10 heteroatoms. The van der Waals surface area contributed by atoms with Gasteiger partial charge in [0, 0.05) is 31.0 Å². The van der Waals surface area contributed by atoms with E-state index in [0.717, 1.165) is 31.6 Å². The van der Waals surface area contributed by atoms with E-state index < -0.39 is 11.7 Å². The highest BCUT2D eigenvalue weighted by molar-refractivity contribution is 5.93. The topological polar surface area (TPSA) is 88.1 Å². The van der Waals surface area contributed by atoms with Crippen LogP contribution in [0.15, 0.2) is 30.3 Å². The van der Waals surface area contributed by atoms with E-state index in [2.05, 4.69) is 14.9 Å². The third-order valence-electron chi connectivity index (χ3n) is 6.45. The first-order valence-corrected chi connectivity index (χ1v) is 11.7. The van der Waals surface area contributed by atoms with E-state index >= 15 is 0 Å². The van der Waals surface area contributed by atoms with E-state index in [-0.39, 0.29) is 31.4 Å². The Hall–Kier alpha value is -3.27. The Morgan fingerprint density at radius 1 is 1.06 bits per heavy atom. The molecule has 2 aromatic rings. The molecule has 0 aliphatic carbocycles. The molecule has 2 amide bonds. The summed E-state index contributed by atoms with van der Waals surface area (Å²) in [5, 5.41) is 0. The number of benzene rings is 1. The number of anilines is 2. The molecule has 9 nitrogen and oxygen atoms in total. The molecular weight excluding hydrogens is 441 g/mol.